The number of nitriles is 1. The van der Waals surface area contributed by atoms with Gasteiger partial charge in [0.15, 0.2) is 5.82 Å². The molecule has 3 heterocycles. The quantitative estimate of drug-likeness (QED) is 0.383. The molecule has 6 rings (SSSR count). The van der Waals surface area contributed by atoms with Crippen molar-refractivity contribution in [2.75, 3.05) is 5.32 Å². The number of benzene rings is 1. The number of amides is 1. The molecule has 1 atom stereocenters. The standard InChI is InChI=1S/C31H36N6O4/c1-31(2,3)41-30(40)19-6-9-22(10-7-19)36-17-20-16-21(8-11-23(20)29(36)39)34-27-26-25(13-15-33-28(26)38)37(35-27)24(12-14-32)18-4-5-18/h8,11,13,15-16,18-19,22,24H,4-7,9-10,12,17H2,1-3H3,(H,33,38)(H,34,35). The van der Waals surface area contributed by atoms with Crippen LogP contribution in [0.25, 0.3) is 10.9 Å². The van der Waals surface area contributed by atoms with Crippen molar-refractivity contribution < 1.29 is 14.3 Å². The number of hydrogen-bond acceptors (Lipinski definition) is 7. The molecule has 3 aliphatic rings. The largest absolute Gasteiger partial charge is 0.460 e. The maximum absolute atomic E-state index is 13.3. The van der Waals surface area contributed by atoms with Gasteiger partial charge in [-0.25, -0.2) is 0 Å². The molecule has 3 aromatic rings. The molecule has 2 fully saturated rings. The van der Waals surface area contributed by atoms with Gasteiger partial charge in [0.05, 0.1) is 30.0 Å². The molecule has 2 aromatic heterocycles. The molecule has 41 heavy (non-hydrogen) atoms. The first kappa shape index (κ1) is 27.1. The Morgan fingerprint density at radius 1 is 1.17 bits per heavy atom. The van der Waals surface area contributed by atoms with Gasteiger partial charge in [-0.2, -0.15) is 10.4 Å². The van der Waals surface area contributed by atoms with E-state index in [2.05, 4.69) is 16.4 Å². The molecule has 0 spiro atoms. The lowest BCUT2D eigenvalue weighted by Crippen LogP contribution is -2.40. The number of aromatic amines is 1. The smallest absolute Gasteiger partial charge is 0.309 e. The first-order valence-corrected chi connectivity index (χ1v) is 14.5. The van der Waals surface area contributed by atoms with Crippen molar-refractivity contribution >= 4 is 34.3 Å². The number of esters is 1. The predicted octanol–water partition coefficient (Wildman–Crippen LogP) is 5.19. The number of hydrogen-bond donors (Lipinski definition) is 2. The normalized spacial score (nSPS) is 21.4. The number of fused-ring (bicyclic) bond motifs is 2. The minimum absolute atomic E-state index is 0.0159. The van der Waals surface area contributed by atoms with Gasteiger partial charge in [0, 0.05) is 30.0 Å². The molecule has 0 radical (unpaired) electrons. The second-order valence-corrected chi connectivity index (χ2v) is 12.6. The van der Waals surface area contributed by atoms with Gasteiger partial charge in [-0.05, 0) is 95.0 Å². The summed E-state index contributed by atoms with van der Waals surface area (Å²) in [4.78, 5) is 43.4. The molecule has 2 aliphatic carbocycles. The average Bonchev–Trinajstić information content (AvgIpc) is 3.63. The minimum Gasteiger partial charge on any atom is -0.460 e. The van der Waals surface area contributed by atoms with E-state index in [9.17, 15) is 19.6 Å². The van der Waals surface area contributed by atoms with Crippen LogP contribution >= 0.6 is 0 Å². The molecule has 2 N–H and O–H groups in total. The molecular weight excluding hydrogens is 520 g/mol. The van der Waals surface area contributed by atoms with Crippen molar-refractivity contribution in [3.63, 3.8) is 0 Å². The molecule has 1 amide bonds. The van der Waals surface area contributed by atoms with E-state index in [4.69, 9.17) is 9.84 Å². The van der Waals surface area contributed by atoms with E-state index < -0.39 is 5.60 Å². The Morgan fingerprint density at radius 3 is 2.61 bits per heavy atom. The van der Waals surface area contributed by atoms with Crippen LogP contribution in [-0.2, 0) is 16.1 Å². The molecule has 214 valence electrons. The second kappa shape index (κ2) is 10.4. The van der Waals surface area contributed by atoms with E-state index in [-0.39, 0.29) is 35.4 Å². The van der Waals surface area contributed by atoms with E-state index in [1.807, 2.05) is 54.6 Å². The highest BCUT2D eigenvalue weighted by atomic mass is 16.6. The van der Waals surface area contributed by atoms with E-state index >= 15 is 0 Å². The van der Waals surface area contributed by atoms with Crippen LogP contribution in [0.5, 0.6) is 0 Å². The van der Waals surface area contributed by atoms with Crippen molar-refractivity contribution in [1.82, 2.24) is 19.7 Å². The first-order chi connectivity index (χ1) is 19.6. The number of nitrogens with one attached hydrogen (secondary N) is 2. The van der Waals surface area contributed by atoms with Gasteiger partial charge in [-0.15, -0.1) is 0 Å². The summed E-state index contributed by atoms with van der Waals surface area (Å²) in [5, 5.41) is 18.0. The van der Waals surface area contributed by atoms with Crippen LogP contribution < -0.4 is 10.9 Å². The highest BCUT2D eigenvalue weighted by Crippen LogP contribution is 2.43. The van der Waals surface area contributed by atoms with Gasteiger partial charge in [0.1, 0.15) is 11.0 Å². The lowest BCUT2D eigenvalue weighted by Gasteiger charge is -2.34. The van der Waals surface area contributed by atoms with Crippen molar-refractivity contribution in [2.45, 2.75) is 89.9 Å². The Morgan fingerprint density at radius 2 is 1.93 bits per heavy atom. The topological polar surface area (TPSA) is 133 Å². The van der Waals surface area contributed by atoms with E-state index in [1.165, 1.54) is 0 Å². The Bertz CT molecular complexity index is 1600. The number of H-pyrrole nitrogens is 1. The summed E-state index contributed by atoms with van der Waals surface area (Å²) in [5.41, 5.74) is 2.30. The van der Waals surface area contributed by atoms with Crippen molar-refractivity contribution in [3.05, 3.63) is 51.9 Å². The summed E-state index contributed by atoms with van der Waals surface area (Å²) in [6, 6.07) is 9.75. The Balaban J connectivity index is 1.19. The zero-order chi connectivity index (χ0) is 28.9. The number of carbonyl (C=O) groups excluding carboxylic acids is 2. The second-order valence-electron chi connectivity index (χ2n) is 12.6. The zero-order valence-corrected chi connectivity index (χ0v) is 23.8. The van der Waals surface area contributed by atoms with Crippen molar-refractivity contribution in [2.24, 2.45) is 11.8 Å². The fraction of sp³-hybridized carbons (Fsp3) is 0.516. The molecule has 1 aromatic carbocycles. The summed E-state index contributed by atoms with van der Waals surface area (Å²) in [7, 11) is 0. The third-order valence-electron chi connectivity index (χ3n) is 8.49. The van der Waals surface area contributed by atoms with Crippen LogP contribution in [-0.4, -0.2) is 43.2 Å². The molecule has 0 saturated heterocycles. The Labute approximate surface area is 238 Å². The highest BCUT2D eigenvalue weighted by molar-refractivity contribution is 5.99. The number of aromatic nitrogens is 3. The summed E-state index contributed by atoms with van der Waals surface area (Å²) in [6.07, 6.45) is 7.02. The predicted molar refractivity (Wildman–Crippen MR) is 154 cm³/mol. The van der Waals surface area contributed by atoms with Crippen LogP contribution in [0.1, 0.15) is 87.7 Å². The van der Waals surface area contributed by atoms with Crippen LogP contribution in [0.4, 0.5) is 11.5 Å². The van der Waals surface area contributed by atoms with Gasteiger partial charge < -0.3 is 19.9 Å². The van der Waals surface area contributed by atoms with Crippen molar-refractivity contribution in [3.8, 4) is 6.07 Å². The van der Waals surface area contributed by atoms with E-state index in [0.717, 1.165) is 36.9 Å². The third-order valence-corrected chi connectivity index (χ3v) is 8.49. The Kier molecular flexibility index (Phi) is 6.84. The maximum Gasteiger partial charge on any atom is 0.309 e. The van der Waals surface area contributed by atoms with E-state index in [0.29, 0.717) is 54.0 Å². The third kappa shape index (κ3) is 5.33. The number of ether oxygens (including phenoxy) is 1. The molecule has 2 saturated carbocycles. The number of rotatable bonds is 7. The average molecular weight is 557 g/mol. The molecule has 0 bridgehead atoms. The molecule has 10 nitrogen and oxygen atoms in total. The van der Waals surface area contributed by atoms with Gasteiger partial charge >= 0.3 is 5.97 Å². The lowest BCUT2D eigenvalue weighted by molar-refractivity contribution is -0.161. The summed E-state index contributed by atoms with van der Waals surface area (Å²) in [5.74, 6) is 0.578. The summed E-state index contributed by atoms with van der Waals surface area (Å²) < 4.78 is 7.41. The van der Waals surface area contributed by atoms with Crippen LogP contribution in [0, 0.1) is 23.2 Å². The van der Waals surface area contributed by atoms with Crippen LogP contribution in [0.15, 0.2) is 35.3 Å². The number of nitrogens with zero attached hydrogens (tertiary/aromatic N) is 4. The first-order valence-electron chi connectivity index (χ1n) is 14.5. The van der Waals surface area contributed by atoms with Gasteiger partial charge in [0.2, 0.25) is 0 Å². The zero-order valence-electron chi connectivity index (χ0n) is 23.8. The fourth-order valence-electron chi connectivity index (χ4n) is 6.33. The molecule has 1 aliphatic heterocycles. The van der Waals surface area contributed by atoms with E-state index in [1.54, 1.807) is 6.20 Å². The maximum atomic E-state index is 13.3. The fourth-order valence-corrected chi connectivity index (χ4v) is 6.33. The number of anilines is 2. The number of carbonyl (C=O) groups is 2. The van der Waals surface area contributed by atoms with Crippen molar-refractivity contribution in [1.29, 1.82) is 5.26 Å². The Hall–Kier alpha value is -4.13. The number of pyridine rings is 1. The van der Waals surface area contributed by atoms with Gasteiger partial charge in [-0.1, -0.05) is 0 Å². The summed E-state index contributed by atoms with van der Waals surface area (Å²) in [6.45, 7) is 6.15. The monoisotopic (exact) mass is 556 g/mol. The SMILES string of the molecule is CC(C)(C)OC(=O)C1CCC(N2Cc3cc(Nc4nn(C(CC#N)C5CC5)c5cc[nH]c(=O)c45)ccc3C2=O)CC1. The molecular formula is C31H36N6O4. The van der Waals surface area contributed by atoms with Crippen LogP contribution in [0.2, 0.25) is 0 Å². The lowest BCUT2D eigenvalue weighted by atomic mass is 9.85. The summed E-state index contributed by atoms with van der Waals surface area (Å²) >= 11 is 0. The van der Waals surface area contributed by atoms with Gasteiger partial charge in [-0.3, -0.25) is 19.1 Å². The van der Waals surface area contributed by atoms with Crippen LogP contribution in [0.3, 0.4) is 0 Å². The molecule has 1 unspecified atom stereocenters. The molecule has 10 heteroatoms. The highest BCUT2D eigenvalue weighted by Gasteiger charge is 2.38. The minimum atomic E-state index is -0.500. The van der Waals surface area contributed by atoms with Gasteiger partial charge in [0.25, 0.3) is 11.5 Å².